The Hall–Kier alpha value is -3.44. The summed E-state index contributed by atoms with van der Waals surface area (Å²) in [6.45, 7) is 7.54. The van der Waals surface area contributed by atoms with Crippen molar-refractivity contribution in [2.24, 2.45) is 0 Å². The van der Waals surface area contributed by atoms with Crippen LogP contribution < -0.4 is 0 Å². The Labute approximate surface area is 434 Å². The molecule has 0 fully saturated rings. The molecule has 0 saturated carbocycles. The fourth-order valence-corrected chi connectivity index (χ4v) is 7.96. The molecule has 5 nitrogen and oxygen atoms in total. The lowest BCUT2D eigenvalue weighted by Crippen LogP contribution is -2.30. The molecule has 0 aliphatic carbocycles. The van der Waals surface area contributed by atoms with Crippen molar-refractivity contribution < 1.29 is 23.8 Å². The Morgan fingerprint density at radius 1 is 0.329 bits per heavy atom. The van der Waals surface area contributed by atoms with E-state index in [1.807, 2.05) is 0 Å². The lowest BCUT2D eigenvalue weighted by Gasteiger charge is -2.18. The maximum atomic E-state index is 12.8. The van der Waals surface area contributed by atoms with Gasteiger partial charge in [-0.15, -0.1) is 0 Å². The third kappa shape index (κ3) is 57.1. The predicted octanol–water partition coefficient (Wildman–Crippen LogP) is 20.3. The lowest BCUT2D eigenvalue weighted by molar-refractivity contribution is -0.163. The Bertz CT molecular complexity index is 1380. The van der Waals surface area contributed by atoms with Gasteiger partial charge in [-0.2, -0.15) is 0 Å². The van der Waals surface area contributed by atoms with Crippen molar-refractivity contribution in [2.75, 3.05) is 19.8 Å². The molecule has 0 amide bonds. The number of carbonyl (C=O) groups is 2. The maximum Gasteiger partial charge on any atom is 0.306 e. The van der Waals surface area contributed by atoms with Gasteiger partial charge in [0.05, 0.1) is 6.61 Å². The van der Waals surface area contributed by atoms with Gasteiger partial charge < -0.3 is 14.2 Å². The molecule has 0 N–H and O–H groups in total. The molecule has 1 unspecified atom stereocenters. The topological polar surface area (TPSA) is 61.8 Å². The Balaban J connectivity index is 4.35. The Morgan fingerprint density at radius 3 is 1.07 bits per heavy atom. The van der Waals surface area contributed by atoms with Crippen LogP contribution in [0.4, 0.5) is 0 Å². The number of ether oxygens (including phenoxy) is 3. The van der Waals surface area contributed by atoms with E-state index < -0.39 is 6.10 Å². The van der Waals surface area contributed by atoms with E-state index in [1.165, 1.54) is 122 Å². The normalized spacial score (nSPS) is 13.0. The minimum Gasteiger partial charge on any atom is -0.462 e. The molecule has 0 aromatic heterocycles. The average molecular weight is 972 g/mol. The minimum absolute atomic E-state index is 0.0579. The number of esters is 2. The Morgan fingerprint density at radius 2 is 0.643 bits per heavy atom. The van der Waals surface area contributed by atoms with Crippen LogP contribution in [-0.2, 0) is 23.8 Å². The molecule has 0 radical (unpaired) electrons. The molecule has 400 valence electrons. The van der Waals surface area contributed by atoms with Crippen LogP contribution in [0.2, 0.25) is 0 Å². The monoisotopic (exact) mass is 971 g/mol. The van der Waals surface area contributed by atoms with Crippen LogP contribution in [-0.4, -0.2) is 37.9 Å². The first-order valence-electron chi connectivity index (χ1n) is 29.4. The largest absolute Gasteiger partial charge is 0.462 e. The average Bonchev–Trinajstić information content (AvgIpc) is 3.36. The molecule has 0 bridgehead atoms. The van der Waals surface area contributed by atoms with E-state index in [0.717, 1.165) is 109 Å². The first kappa shape index (κ1) is 66.6. The zero-order valence-corrected chi connectivity index (χ0v) is 46.0. The second-order valence-corrected chi connectivity index (χ2v) is 19.1. The summed E-state index contributed by atoms with van der Waals surface area (Å²) in [5.41, 5.74) is 0. The fourth-order valence-electron chi connectivity index (χ4n) is 7.96. The summed E-state index contributed by atoms with van der Waals surface area (Å²) in [5.74, 6) is -0.453. The standard InChI is InChI=1S/C65H110O5/c1-4-7-10-13-16-19-22-25-28-30-32-34-36-39-42-45-48-51-54-57-60-68-61-63(70-65(67)59-56-53-50-47-44-41-37-27-24-21-18-15-12-9-6-3)62-69-64(66)58-55-52-49-46-43-40-38-35-33-31-29-26-23-20-17-14-11-8-5-2/h7,9-10,12,16,18-19,21,25-29,32,34,37,44,47,63H,4-6,8,11,13-15,17,20,22-24,30-31,33,35-36,38-43,45-46,48-62H2,1-3H3/b10-7-,12-9-,19-16-,21-18-,28-25-,29-26-,34-32-,37-27-,47-44-. The summed E-state index contributed by atoms with van der Waals surface area (Å²) in [7, 11) is 0. The molecule has 0 aliphatic heterocycles. The molecular formula is C65H110O5. The second-order valence-electron chi connectivity index (χ2n) is 19.1. The van der Waals surface area contributed by atoms with E-state index in [0.29, 0.717) is 19.4 Å². The van der Waals surface area contributed by atoms with Gasteiger partial charge in [-0.25, -0.2) is 0 Å². The summed E-state index contributed by atoms with van der Waals surface area (Å²) in [5, 5.41) is 0. The van der Waals surface area contributed by atoms with E-state index in [2.05, 4.69) is 130 Å². The van der Waals surface area contributed by atoms with Gasteiger partial charge in [-0.3, -0.25) is 9.59 Å². The van der Waals surface area contributed by atoms with Crippen molar-refractivity contribution in [3.8, 4) is 0 Å². The van der Waals surface area contributed by atoms with Gasteiger partial charge in [0, 0.05) is 19.4 Å². The third-order valence-electron chi connectivity index (χ3n) is 12.3. The first-order valence-corrected chi connectivity index (χ1v) is 29.4. The lowest BCUT2D eigenvalue weighted by atomic mass is 10.1. The molecular weight excluding hydrogens is 861 g/mol. The molecule has 0 rings (SSSR count). The van der Waals surface area contributed by atoms with E-state index >= 15 is 0 Å². The van der Waals surface area contributed by atoms with Gasteiger partial charge in [0.25, 0.3) is 0 Å². The quantitative estimate of drug-likeness (QED) is 0.0345. The molecule has 0 saturated heterocycles. The molecule has 0 heterocycles. The number of hydrogen-bond donors (Lipinski definition) is 0. The van der Waals surface area contributed by atoms with Crippen LogP contribution in [0.15, 0.2) is 109 Å². The second kappa shape index (κ2) is 59.9. The van der Waals surface area contributed by atoms with Gasteiger partial charge in [0.1, 0.15) is 6.61 Å². The van der Waals surface area contributed by atoms with Crippen LogP contribution >= 0.6 is 0 Å². The van der Waals surface area contributed by atoms with E-state index in [4.69, 9.17) is 14.2 Å². The van der Waals surface area contributed by atoms with Gasteiger partial charge in [0.2, 0.25) is 0 Å². The van der Waals surface area contributed by atoms with E-state index in [9.17, 15) is 9.59 Å². The summed E-state index contributed by atoms with van der Waals surface area (Å²) in [4.78, 5) is 25.5. The van der Waals surface area contributed by atoms with Crippen LogP contribution in [0, 0.1) is 0 Å². The zero-order chi connectivity index (χ0) is 50.6. The predicted molar refractivity (Wildman–Crippen MR) is 306 cm³/mol. The van der Waals surface area contributed by atoms with Crippen molar-refractivity contribution >= 4 is 11.9 Å². The van der Waals surface area contributed by atoms with Crippen molar-refractivity contribution in [3.63, 3.8) is 0 Å². The van der Waals surface area contributed by atoms with Crippen LogP contribution in [0.5, 0.6) is 0 Å². The van der Waals surface area contributed by atoms with Crippen LogP contribution in [0.1, 0.15) is 265 Å². The van der Waals surface area contributed by atoms with Gasteiger partial charge >= 0.3 is 11.9 Å². The summed E-state index contributed by atoms with van der Waals surface area (Å²) >= 11 is 0. The number of rotatable bonds is 53. The summed E-state index contributed by atoms with van der Waals surface area (Å²) < 4.78 is 17.4. The maximum absolute atomic E-state index is 12.8. The molecule has 0 aromatic rings. The summed E-state index contributed by atoms with van der Waals surface area (Å²) in [6, 6.07) is 0. The van der Waals surface area contributed by atoms with Crippen molar-refractivity contribution in [3.05, 3.63) is 109 Å². The van der Waals surface area contributed by atoms with Crippen molar-refractivity contribution in [1.82, 2.24) is 0 Å². The number of unbranched alkanes of at least 4 members (excludes halogenated alkanes) is 24. The Kier molecular flexibility index (Phi) is 56.9. The van der Waals surface area contributed by atoms with Crippen LogP contribution in [0.3, 0.4) is 0 Å². The number of carbonyl (C=O) groups excluding carboxylic acids is 2. The zero-order valence-electron chi connectivity index (χ0n) is 46.0. The minimum atomic E-state index is -0.572. The highest BCUT2D eigenvalue weighted by Crippen LogP contribution is 2.14. The fraction of sp³-hybridized carbons (Fsp3) is 0.692. The number of hydrogen-bond acceptors (Lipinski definition) is 5. The molecule has 1 atom stereocenters. The van der Waals surface area contributed by atoms with Gasteiger partial charge in [0.15, 0.2) is 6.10 Å². The highest BCUT2D eigenvalue weighted by molar-refractivity contribution is 5.70. The molecule has 0 aliphatic rings. The smallest absolute Gasteiger partial charge is 0.306 e. The van der Waals surface area contributed by atoms with E-state index in [1.54, 1.807) is 0 Å². The third-order valence-corrected chi connectivity index (χ3v) is 12.3. The highest BCUT2D eigenvalue weighted by atomic mass is 16.6. The highest BCUT2D eigenvalue weighted by Gasteiger charge is 2.17. The van der Waals surface area contributed by atoms with Crippen LogP contribution in [0.25, 0.3) is 0 Å². The number of allylic oxidation sites excluding steroid dienone is 18. The summed E-state index contributed by atoms with van der Waals surface area (Å²) in [6.07, 6.45) is 82.6. The molecule has 5 heteroatoms. The van der Waals surface area contributed by atoms with Crippen molar-refractivity contribution in [1.29, 1.82) is 0 Å². The molecule has 0 spiro atoms. The van der Waals surface area contributed by atoms with Gasteiger partial charge in [-0.1, -0.05) is 239 Å². The SMILES string of the molecule is CC/C=C\C/C=C\C/C=C\C/C=C\CCCCCCCCCOCC(COC(=O)CCCCCCCCCCC/C=C\CCCCCCCC)OC(=O)CCCC/C=C\C/C=C\C/C=C\C/C=C\CC. The van der Waals surface area contributed by atoms with Gasteiger partial charge in [-0.05, 0) is 122 Å². The van der Waals surface area contributed by atoms with Crippen molar-refractivity contribution in [2.45, 2.75) is 271 Å². The molecule has 0 aromatic carbocycles. The first-order chi connectivity index (χ1) is 34.6. The molecule has 70 heavy (non-hydrogen) atoms. The van der Waals surface area contributed by atoms with E-state index in [-0.39, 0.29) is 25.2 Å².